The van der Waals surface area contributed by atoms with E-state index in [4.69, 9.17) is 4.74 Å². The van der Waals surface area contributed by atoms with E-state index in [-0.39, 0.29) is 17.9 Å². The molecule has 152 valence electrons. The van der Waals surface area contributed by atoms with Crippen LogP contribution in [0.1, 0.15) is 59.8 Å². The fourth-order valence-electron chi connectivity index (χ4n) is 2.03. The zero-order chi connectivity index (χ0) is 20.4. The monoisotopic (exact) mass is 393 g/mol. The molecule has 2 amide bonds. The van der Waals surface area contributed by atoms with Crippen LogP contribution in [0.4, 0.5) is 4.79 Å². The van der Waals surface area contributed by atoms with E-state index in [2.05, 4.69) is 9.05 Å². The van der Waals surface area contributed by atoms with Gasteiger partial charge in [-0.25, -0.2) is 9.69 Å². The van der Waals surface area contributed by atoms with E-state index in [9.17, 15) is 18.9 Å². The molecule has 1 heterocycles. The molecular weight excluding hydrogens is 361 g/mol. The van der Waals surface area contributed by atoms with Gasteiger partial charge in [-0.05, 0) is 33.6 Å². The number of amides is 2. The number of ketones is 1. The van der Waals surface area contributed by atoms with Crippen molar-refractivity contribution in [3.63, 3.8) is 0 Å². The van der Waals surface area contributed by atoms with Crippen molar-refractivity contribution in [1.82, 2.24) is 4.90 Å². The molecule has 26 heavy (non-hydrogen) atoms. The van der Waals surface area contributed by atoms with Crippen molar-refractivity contribution >= 4 is 25.4 Å². The van der Waals surface area contributed by atoms with Crippen molar-refractivity contribution in [2.24, 2.45) is 0 Å². The first-order valence-corrected chi connectivity index (χ1v) is 10.5. The second-order valence-corrected chi connectivity index (χ2v) is 9.17. The van der Waals surface area contributed by atoms with E-state index in [1.165, 1.54) is 19.1 Å². The highest BCUT2D eigenvalue weighted by Gasteiger charge is 2.30. The molecule has 1 rings (SSSR count). The van der Waals surface area contributed by atoms with E-state index in [1.54, 1.807) is 20.8 Å². The Morgan fingerprint density at radius 2 is 1.77 bits per heavy atom. The minimum Gasteiger partial charge on any atom is -0.443 e. The molecule has 1 aliphatic rings. The lowest BCUT2D eigenvalue weighted by atomic mass is 10.2. The summed E-state index contributed by atoms with van der Waals surface area (Å²) in [6.45, 7) is 7.84. The van der Waals surface area contributed by atoms with Gasteiger partial charge < -0.3 is 13.8 Å². The van der Waals surface area contributed by atoms with Gasteiger partial charge in [-0.3, -0.25) is 14.2 Å². The predicted octanol–water partition coefficient (Wildman–Crippen LogP) is 3.78. The van der Waals surface area contributed by atoms with Crippen LogP contribution in [0.25, 0.3) is 0 Å². The minimum atomic E-state index is -3.13. The number of hydrogen-bond acceptors (Lipinski definition) is 7. The van der Waals surface area contributed by atoms with Crippen LogP contribution < -0.4 is 0 Å². The van der Waals surface area contributed by atoms with Gasteiger partial charge in [-0.2, -0.15) is 0 Å². The summed E-state index contributed by atoms with van der Waals surface area (Å²) in [7, 11) is -0.549. The number of carbonyl (C=O) groups is 3. The van der Waals surface area contributed by atoms with Gasteiger partial charge in [-0.1, -0.05) is 13.3 Å². The van der Waals surface area contributed by atoms with Crippen LogP contribution in [0.5, 0.6) is 0 Å². The van der Waals surface area contributed by atoms with E-state index < -0.39 is 19.3 Å². The predicted molar refractivity (Wildman–Crippen MR) is 98.2 cm³/mol. The molecule has 1 fully saturated rings. The number of ether oxygens (including phenoxy) is 1. The number of carbonyl (C=O) groups excluding carboxylic acids is 3. The second kappa shape index (κ2) is 11.5. The number of imide groups is 1. The molecule has 0 radical (unpaired) electrons. The van der Waals surface area contributed by atoms with Gasteiger partial charge in [0.2, 0.25) is 5.91 Å². The quantitative estimate of drug-likeness (QED) is 0.607. The van der Waals surface area contributed by atoms with Gasteiger partial charge in [0.15, 0.2) is 0 Å². The Kier molecular flexibility index (Phi) is 10.9. The number of nitrogens with zero attached hydrogens (tertiary/aromatic N) is 1. The third kappa shape index (κ3) is 10.0. The number of hydrogen-bond donors (Lipinski definition) is 0. The highest BCUT2D eigenvalue weighted by Crippen LogP contribution is 2.46. The molecule has 0 aliphatic carbocycles. The Hall–Kier alpha value is -1.24. The highest BCUT2D eigenvalue weighted by molar-refractivity contribution is 7.54. The van der Waals surface area contributed by atoms with Gasteiger partial charge in [0.25, 0.3) is 0 Å². The van der Waals surface area contributed by atoms with Crippen LogP contribution in [0, 0.1) is 0 Å². The smallest absolute Gasteiger partial charge is 0.417 e. The summed E-state index contributed by atoms with van der Waals surface area (Å²) < 4.78 is 25.8. The lowest BCUT2D eigenvalue weighted by Gasteiger charge is -2.23. The Morgan fingerprint density at radius 3 is 2.15 bits per heavy atom. The standard InChI is InChI=1S/C9H15NO3.C8H17O4P/c1-9(2,3)13-8(12)10-6-4-5-7(10)11;1-4-5-6-8(9)7-13(10,11-2)12-3/h4-6H2,1-3H3;4-7H2,1-3H3. The number of likely N-dealkylation sites (tertiary alicyclic amines) is 1. The molecule has 0 atom stereocenters. The summed E-state index contributed by atoms with van der Waals surface area (Å²) >= 11 is 0. The van der Waals surface area contributed by atoms with Crippen LogP contribution in [0.2, 0.25) is 0 Å². The Labute approximate surface area is 156 Å². The lowest BCUT2D eigenvalue weighted by molar-refractivity contribution is -0.127. The molecule has 1 saturated heterocycles. The third-order valence-electron chi connectivity index (χ3n) is 3.42. The maximum Gasteiger partial charge on any atom is 0.417 e. The average Bonchev–Trinajstić information content (AvgIpc) is 2.98. The van der Waals surface area contributed by atoms with Gasteiger partial charge in [0, 0.05) is 33.6 Å². The first-order valence-electron chi connectivity index (χ1n) is 8.73. The van der Waals surface area contributed by atoms with E-state index in [0.717, 1.165) is 19.3 Å². The summed E-state index contributed by atoms with van der Waals surface area (Å²) in [6.07, 6.45) is 2.81. The largest absolute Gasteiger partial charge is 0.443 e. The molecule has 0 bridgehead atoms. The van der Waals surface area contributed by atoms with Crippen molar-refractivity contribution in [3.05, 3.63) is 0 Å². The Balaban J connectivity index is 0.000000481. The maximum absolute atomic E-state index is 11.5. The molecule has 0 aromatic heterocycles. The SMILES string of the molecule is CC(C)(C)OC(=O)N1CCCC1=O.CCCCC(=O)CP(=O)(OC)OC. The van der Waals surface area contributed by atoms with Crippen LogP contribution in [0.15, 0.2) is 0 Å². The van der Waals surface area contributed by atoms with Gasteiger partial charge in [-0.15, -0.1) is 0 Å². The molecule has 1 aliphatic heterocycles. The molecule has 0 unspecified atom stereocenters. The molecule has 0 aromatic rings. The number of rotatable bonds is 7. The molecule has 0 N–H and O–H groups in total. The van der Waals surface area contributed by atoms with Crippen molar-refractivity contribution in [1.29, 1.82) is 0 Å². The van der Waals surface area contributed by atoms with Crippen LogP contribution >= 0.6 is 7.60 Å². The molecule has 8 nitrogen and oxygen atoms in total. The number of Topliss-reactive ketones (excluding diaryl/α,β-unsaturated/α-hetero) is 1. The fourth-order valence-corrected chi connectivity index (χ4v) is 3.03. The molecule has 0 saturated carbocycles. The maximum atomic E-state index is 11.5. The van der Waals surface area contributed by atoms with Crippen molar-refractivity contribution in [2.75, 3.05) is 26.9 Å². The average molecular weight is 393 g/mol. The van der Waals surface area contributed by atoms with Gasteiger partial charge in [0.05, 0.1) is 0 Å². The second-order valence-electron chi connectivity index (χ2n) is 6.91. The summed E-state index contributed by atoms with van der Waals surface area (Å²) in [5.41, 5.74) is -0.528. The zero-order valence-corrected chi connectivity index (χ0v) is 17.6. The van der Waals surface area contributed by atoms with Crippen molar-refractivity contribution in [3.8, 4) is 0 Å². The first kappa shape index (κ1) is 24.8. The van der Waals surface area contributed by atoms with E-state index in [0.29, 0.717) is 19.4 Å². The van der Waals surface area contributed by atoms with E-state index >= 15 is 0 Å². The van der Waals surface area contributed by atoms with Gasteiger partial charge in [0.1, 0.15) is 17.5 Å². The minimum absolute atomic E-state index is 0.0612. The van der Waals surface area contributed by atoms with Crippen molar-refractivity contribution in [2.45, 2.75) is 65.4 Å². The molecule has 0 aromatic carbocycles. The summed E-state index contributed by atoms with van der Waals surface area (Å²) in [5.74, 6) is -0.192. The topological polar surface area (TPSA) is 99.2 Å². The van der Waals surface area contributed by atoms with E-state index in [1.807, 2.05) is 6.92 Å². The van der Waals surface area contributed by atoms with Gasteiger partial charge >= 0.3 is 13.7 Å². The van der Waals surface area contributed by atoms with Crippen LogP contribution in [0.3, 0.4) is 0 Å². The Morgan fingerprint density at radius 1 is 1.19 bits per heavy atom. The summed E-state index contributed by atoms with van der Waals surface area (Å²) in [4.78, 5) is 34.9. The molecule has 0 spiro atoms. The molecule has 9 heteroatoms. The first-order chi connectivity index (χ1) is 12.0. The number of unbranched alkanes of at least 4 members (excludes halogenated alkanes) is 1. The van der Waals surface area contributed by atoms with Crippen LogP contribution in [-0.4, -0.2) is 55.2 Å². The summed E-state index contributed by atoms with van der Waals surface area (Å²) in [5, 5.41) is 0. The molecular formula is C17H32NO7P. The van der Waals surface area contributed by atoms with Crippen molar-refractivity contribution < 1.29 is 32.7 Å². The Bertz CT molecular complexity index is 520. The lowest BCUT2D eigenvalue weighted by Crippen LogP contribution is -2.37. The highest BCUT2D eigenvalue weighted by atomic mass is 31.2. The van der Waals surface area contributed by atoms with Crippen LogP contribution in [-0.2, 0) is 27.9 Å². The summed E-state index contributed by atoms with van der Waals surface area (Å²) in [6, 6.07) is 0. The normalized spacial score (nSPS) is 14.7. The zero-order valence-electron chi connectivity index (χ0n) is 16.7. The fraction of sp³-hybridized carbons (Fsp3) is 0.824. The third-order valence-corrected chi connectivity index (χ3v) is 5.28.